The van der Waals surface area contributed by atoms with Gasteiger partial charge in [-0.15, -0.1) is 11.3 Å². The molecule has 0 saturated carbocycles. The van der Waals surface area contributed by atoms with E-state index in [1.165, 1.54) is 44.4 Å². The van der Waals surface area contributed by atoms with Gasteiger partial charge in [-0.3, -0.25) is 9.52 Å². The maximum atomic E-state index is 12.4. The van der Waals surface area contributed by atoms with Crippen LogP contribution in [-0.4, -0.2) is 27.4 Å². The number of carbonyl (C=O) groups is 2. The van der Waals surface area contributed by atoms with Crippen molar-refractivity contribution in [2.24, 2.45) is 0 Å². The van der Waals surface area contributed by atoms with E-state index < -0.39 is 16.0 Å². The molecule has 1 aromatic carbocycles. The Hall–Kier alpha value is -2.39. The molecule has 122 valence electrons. The van der Waals surface area contributed by atoms with Gasteiger partial charge >= 0.3 is 5.97 Å². The minimum Gasteiger partial charge on any atom is -0.465 e. The molecule has 0 saturated heterocycles. The second-order valence-corrected chi connectivity index (χ2v) is 7.06. The minimum absolute atomic E-state index is 0.0100. The van der Waals surface area contributed by atoms with E-state index in [9.17, 15) is 18.0 Å². The molecular formula is C14H14N2O5S2. The molecule has 1 heterocycles. The standard InChI is InChI=1S/C14H14N2O5S2/c1-9(17)15-10-3-5-11(6-4-10)23(19,20)16-13-12(7-8-22-13)14(18)21-2/h3-8,16H,1-2H3,(H,15,17). The number of thiophene rings is 1. The lowest BCUT2D eigenvalue weighted by molar-refractivity contribution is -0.114. The minimum atomic E-state index is -3.85. The number of nitrogens with one attached hydrogen (secondary N) is 2. The van der Waals surface area contributed by atoms with Crippen LogP contribution in [0.1, 0.15) is 17.3 Å². The quantitative estimate of drug-likeness (QED) is 0.802. The Kier molecular flexibility index (Phi) is 5.02. The number of anilines is 2. The van der Waals surface area contributed by atoms with Crippen LogP contribution in [0.15, 0.2) is 40.6 Å². The zero-order valence-electron chi connectivity index (χ0n) is 12.3. The van der Waals surface area contributed by atoms with Gasteiger partial charge in [-0.2, -0.15) is 0 Å². The topological polar surface area (TPSA) is 102 Å². The summed E-state index contributed by atoms with van der Waals surface area (Å²) < 4.78 is 31.7. The largest absolute Gasteiger partial charge is 0.465 e. The second kappa shape index (κ2) is 6.80. The lowest BCUT2D eigenvalue weighted by atomic mass is 10.3. The molecule has 9 heteroatoms. The fourth-order valence-electron chi connectivity index (χ4n) is 1.76. The number of ether oxygens (including phenoxy) is 1. The van der Waals surface area contributed by atoms with Crippen molar-refractivity contribution < 1.29 is 22.7 Å². The van der Waals surface area contributed by atoms with Gasteiger partial charge in [-0.1, -0.05) is 0 Å². The molecule has 2 aromatic rings. The smallest absolute Gasteiger partial charge is 0.340 e. The average molecular weight is 354 g/mol. The van der Waals surface area contributed by atoms with Crippen LogP contribution >= 0.6 is 11.3 Å². The van der Waals surface area contributed by atoms with Crippen molar-refractivity contribution in [3.63, 3.8) is 0 Å². The number of amides is 1. The van der Waals surface area contributed by atoms with E-state index in [0.29, 0.717) is 5.69 Å². The number of esters is 1. The first-order valence-electron chi connectivity index (χ1n) is 6.40. The number of rotatable bonds is 5. The maximum absolute atomic E-state index is 12.4. The molecule has 0 radical (unpaired) electrons. The Bertz CT molecular complexity index is 825. The second-order valence-electron chi connectivity index (χ2n) is 4.47. The van der Waals surface area contributed by atoms with Crippen LogP contribution in [0.25, 0.3) is 0 Å². The summed E-state index contributed by atoms with van der Waals surface area (Å²) in [5.41, 5.74) is 0.638. The van der Waals surface area contributed by atoms with Crippen LogP contribution in [0, 0.1) is 0 Å². The molecule has 0 aliphatic heterocycles. The summed E-state index contributed by atoms with van der Waals surface area (Å²) in [7, 11) is -2.63. The van der Waals surface area contributed by atoms with Crippen molar-refractivity contribution in [2.45, 2.75) is 11.8 Å². The summed E-state index contributed by atoms with van der Waals surface area (Å²) in [6.45, 7) is 1.36. The monoisotopic (exact) mass is 354 g/mol. The third-order valence-corrected chi connectivity index (χ3v) is 5.11. The lowest BCUT2D eigenvalue weighted by Gasteiger charge is -2.09. The van der Waals surface area contributed by atoms with Crippen LogP contribution in [0.5, 0.6) is 0 Å². The van der Waals surface area contributed by atoms with Crippen LogP contribution in [-0.2, 0) is 19.6 Å². The Morgan fingerprint density at radius 1 is 1.13 bits per heavy atom. The van der Waals surface area contributed by atoms with Crippen molar-refractivity contribution in [1.82, 2.24) is 0 Å². The summed E-state index contributed by atoms with van der Waals surface area (Å²) in [4.78, 5) is 22.5. The van der Waals surface area contributed by atoms with Gasteiger partial charge < -0.3 is 10.1 Å². The molecule has 1 amide bonds. The highest BCUT2D eigenvalue weighted by molar-refractivity contribution is 7.93. The first-order valence-corrected chi connectivity index (χ1v) is 8.76. The Morgan fingerprint density at radius 2 is 1.78 bits per heavy atom. The molecule has 0 aliphatic carbocycles. The molecule has 0 bridgehead atoms. The van der Waals surface area contributed by atoms with Crippen molar-refractivity contribution in [3.8, 4) is 0 Å². The predicted molar refractivity (Wildman–Crippen MR) is 87.2 cm³/mol. The number of benzene rings is 1. The van der Waals surface area contributed by atoms with Gasteiger partial charge in [0.05, 0.1) is 17.6 Å². The van der Waals surface area contributed by atoms with E-state index in [2.05, 4.69) is 14.8 Å². The first kappa shape index (κ1) is 17.0. The van der Waals surface area contributed by atoms with E-state index in [1.54, 1.807) is 5.38 Å². The van der Waals surface area contributed by atoms with Crippen LogP contribution < -0.4 is 10.0 Å². The molecule has 0 fully saturated rings. The van der Waals surface area contributed by atoms with Gasteiger partial charge in [0.1, 0.15) is 5.00 Å². The molecule has 7 nitrogen and oxygen atoms in total. The number of sulfonamides is 1. The average Bonchev–Trinajstić information content (AvgIpc) is 2.93. The van der Waals surface area contributed by atoms with Gasteiger partial charge in [0.25, 0.3) is 10.0 Å². The van der Waals surface area contributed by atoms with Crippen molar-refractivity contribution in [1.29, 1.82) is 0 Å². The van der Waals surface area contributed by atoms with Gasteiger partial charge in [0.2, 0.25) is 5.91 Å². The maximum Gasteiger partial charge on any atom is 0.340 e. The van der Waals surface area contributed by atoms with Crippen molar-refractivity contribution in [2.75, 3.05) is 17.1 Å². The molecule has 0 aliphatic rings. The number of methoxy groups -OCH3 is 1. The molecule has 2 N–H and O–H groups in total. The Labute approximate surface area is 137 Å². The lowest BCUT2D eigenvalue weighted by Crippen LogP contribution is -2.14. The fourth-order valence-corrected chi connectivity index (χ4v) is 3.87. The SMILES string of the molecule is COC(=O)c1ccsc1NS(=O)(=O)c1ccc(NC(C)=O)cc1. The summed E-state index contributed by atoms with van der Waals surface area (Å²) >= 11 is 1.08. The van der Waals surface area contributed by atoms with Crippen molar-refractivity contribution in [3.05, 3.63) is 41.3 Å². The van der Waals surface area contributed by atoms with E-state index >= 15 is 0 Å². The van der Waals surface area contributed by atoms with Gasteiger partial charge in [-0.05, 0) is 35.7 Å². The first-order chi connectivity index (χ1) is 10.8. The normalized spacial score (nSPS) is 10.9. The summed E-state index contributed by atoms with van der Waals surface area (Å²) in [5.74, 6) is -0.870. The molecule has 0 atom stereocenters. The summed E-state index contributed by atoms with van der Waals surface area (Å²) in [6.07, 6.45) is 0. The highest BCUT2D eigenvalue weighted by Crippen LogP contribution is 2.27. The van der Waals surface area contributed by atoms with Gasteiger partial charge in [0.15, 0.2) is 0 Å². The summed E-state index contributed by atoms with van der Waals surface area (Å²) in [5, 5.41) is 4.32. The summed E-state index contributed by atoms with van der Waals surface area (Å²) in [6, 6.07) is 7.16. The van der Waals surface area contributed by atoms with Crippen molar-refractivity contribution >= 4 is 43.9 Å². The number of carbonyl (C=O) groups excluding carboxylic acids is 2. The fraction of sp³-hybridized carbons (Fsp3) is 0.143. The van der Waals surface area contributed by atoms with E-state index in [0.717, 1.165) is 11.3 Å². The van der Waals surface area contributed by atoms with E-state index in [4.69, 9.17) is 0 Å². The Morgan fingerprint density at radius 3 is 2.35 bits per heavy atom. The molecule has 23 heavy (non-hydrogen) atoms. The molecular weight excluding hydrogens is 340 g/mol. The third-order valence-electron chi connectivity index (χ3n) is 2.78. The Balaban J connectivity index is 2.24. The van der Waals surface area contributed by atoms with Gasteiger partial charge in [-0.25, -0.2) is 13.2 Å². The van der Waals surface area contributed by atoms with E-state index in [1.807, 2.05) is 0 Å². The zero-order valence-corrected chi connectivity index (χ0v) is 14.0. The van der Waals surface area contributed by atoms with Crippen LogP contribution in [0.2, 0.25) is 0 Å². The molecule has 0 unspecified atom stereocenters. The van der Waals surface area contributed by atoms with Gasteiger partial charge in [0, 0.05) is 12.6 Å². The highest BCUT2D eigenvalue weighted by Gasteiger charge is 2.20. The zero-order chi connectivity index (χ0) is 17.0. The number of hydrogen-bond donors (Lipinski definition) is 2. The van der Waals surface area contributed by atoms with Crippen LogP contribution in [0.3, 0.4) is 0 Å². The predicted octanol–water partition coefficient (Wildman–Crippen LogP) is 2.29. The highest BCUT2D eigenvalue weighted by atomic mass is 32.2. The molecule has 0 spiro atoms. The van der Waals surface area contributed by atoms with E-state index in [-0.39, 0.29) is 21.4 Å². The molecule has 1 aromatic heterocycles. The molecule has 2 rings (SSSR count). The number of hydrogen-bond acceptors (Lipinski definition) is 6. The third kappa shape index (κ3) is 4.08. The van der Waals surface area contributed by atoms with Crippen LogP contribution in [0.4, 0.5) is 10.7 Å².